The van der Waals surface area contributed by atoms with Gasteiger partial charge in [0.05, 0.1) is 0 Å². The van der Waals surface area contributed by atoms with E-state index in [1.165, 1.54) is 0 Å². The smallest absolute Gasteiger partial charge is 0.734 e. The molecular weight excluding hydrogens is 462 g/mol. The molecule has 0 spiro atoms. The van der Waals surface area contributed by atoms with E-state index in [4.69, 9.17) is 52.6 Å². The molecule has 19 heavy (non-hydrogen) atoms. The zero-order valence-corrected chi connectivity index (χ0v) is 12.2. The molecule has 0 fully saturated rings. The van der Waals surface area contributed by atoms with Crippen LogP contribution in [0.2, 0.25) is 0 Å². The van der Waals surface area contributed by atoms with Crippen molar-refractivity contribution in [3.8, 4) is 0 Å². The fraction of sp³-hybridized carbons (Fsp3) is 0. The SMILES string of the molecule is [Fe+3].[Fe+3].[Mn+2].[Mn+2].[O-]O[O-].[O-]O[O-].[O-]O[O-].[O-]O[O-].[O-]O[O-]. The van der Waals surface area contributed by atoms with Crippen LogP contribution < -0.4 is 52.6 Å². The van der Waals surface area contributed by atoms with E-state index in [1.54, 1.807) is 25.2 Å². The molecule has 0 rings (SSSR count). The van der Waals surface area contributed by atoms with E-state index in [2.05, 4.69) is 0 Å². The molecule has 0 aromatic heterocycles. The topological polar surface area (TPSA) is 277 Å². The number of hydrogen-bond acceptors (Lipinski definition) is 15. The van der Waals surface area contributed by atoms with Crippen molar-refractivity contribution in [1.82, 2.24) is 0 Å². The molecule has 0 saturated heterocycles. The van der Waals surface area contributed by atoms with Crippen molar-refractivity contribution in [2.45, 2.75) is 0 Å². The van der Waals surface area contributed by atoms with Crippen LogP contribution in [0.25, 0.3) is 0 Å². The Kier molecular flexibility index (Phi) is 492. The zero-order chi connectivity index (χ0) is 13.5. The third-order valence-corrected chi connectivity index (χ3v) is 0. The molecular formula is Fe2Mn2O15. The molecule has 0 bridgehead atoms. The predicted molar refractivity (Wildman–Crippen MR) is 5.42 cm³/mol. The molecule has 0 aliphatic heterocycles. The number of rotatable bonds is 0. The first-order chi connectivity index (χ1) is 7.07. The van der Waals surface area contributed by atoms with Gasteiger partial charge in [0.15, 0.2) is 0 Å². The molecule has 0 N–H and O–H groups in total. The largest absolute Gasteiger partial charge is 3.00 e. The molecule has 0 unspecified atom stereocenters. The Bertz CT molecular complexity index is 29.7. The Balaban J connectivity index is -0.00000000893. The molecule has 4 radical (unpaired) electrons. The minimum atomic E-state index is 0. The van der Waals surface area contributed by atoms with Gasteiger partial charge in [-0.25, -0.2) is 0 Å². The molecule has 0 aliphatic rings. The molecule has 0 amide bonds. The van der Waals surface area contributed by atoms with Gasteiger partial charge in [-0.3, -0.25) is 0 Å². The van der Waals surface area contributed by atoms with Gasteiger partial charge in [0.2, 0.25) is 0 Å². The Morgan fingerprint density at radius 3 is 0.316 bits per heavy atom. The first-order valence-corrected chi connectivity index (χ1v) is 1.67. The van der Waals surface area contributed by atoms with E-state index in [0.29, 0.717) is 0 Å². The van der Waals surface area contributed by atoms with Crippen LogP contribution in [-0.2, 0) is 93.5 Å². The van der Waals surface area contributed by atoms with Crippen LogP contribution in [0, 0.1) is 0 Å². The van der Waals surface area contributed by atoms with Gasteiger partial charge < -0.3 is 77.8 Å². The van der Waals surface area contributed by atoms with E-state index >= 15 is 0 Å². The van der Waals surface area contributed by atoms with Crippen molar-refractivity contribution in [1.29, 1.82) is 0 Å². The molecule has 0 aromatic carbocycles. The van der Waals surface area contributed by atoms with Gasteiger partial charge in [0.25, 0.3) is 0 Å². The van der Waals surface area contributed by atoms with Crippen LogP contribution in [0.5, 0.6) is 0 Å². The van der Waals surface area contributed by atoms with Gasteiger partial charge in [-0.05, 0) is 0 Å². The van der Waals surface area contributed by atoms with E-state index in [0.717, 1.165) is 0 Å². The van der Waals surface area contributed by atoms with Gasteiger partial charge in [-0.2, -0.15) is 0 Å². The van der Waals surface area contributed by atoms with Crippen molar-refractivity contribution in [3.05, 3.63) is 0 Å². The Labute approximate surface area is 146 Å². The van der Waals surface area contributed by atoms with Gasteiger partial charge in [0.1, 0.15) is 0 Å². The van der Waals surface area contributed by atoms with E-state index in [9.17, 15) is 0 Å². The summed E-state index contributed by atoms with van der Waals surface area (Å²) in [6.45, 7) is 0. The molecule has 0 saturated carbocycles. The third-order valence-electron chi connectivity index (χ3n) is 0. The maximum Gasteiger partial charge on any atom is 3.00 e. The monoisotopic (exact) mass is 462 g/mol. The zero-order valence-electron chi connectivity index (χ0n) is 7.59. The van der Waals surface area contributed by atoms with Gasteiger partial charge in [0, 0.05) is 0 Å². The molecule has 0 aromatic rings. The average Bonchev–Trinajstić information content (AvgIpc) is 2.09. The summed E-state index contributed by atoms with van der Waals surface area (Å²) in [5, 5.41) is 87.5. The summed E-state index contributed by atoms with van der Waals surface area (Å²) in [6, 6.07) is 0. The van der Waals surface area contributed by atoms with Gasteiger partial charge in [-0.15, -0.1) is 0 Å². The fourth-order valence-electron chi connectivity index (χ4n) is 0. The standard InChI is InChI=1S/2Fe.2Mn.5H2O3/c;;;;5*1-3-2/h;;;;5*1-2H/q2*+3;2*+2;;;;;/p-10. The van der Waals surface area contributed by atoms with Crippen LogP contribution in [-0.4, -0.2) is 0 Å². The number of hydrogen-bond donors (Lipinski definition) is 0. The van der Waals surface area contributed by atoms with Crippen LogP contribution in [0.1, 0.15) is 0 Å². The van der Waals surface area contributed by atoms with Crippen LogP contribution in [0.3, 0.4) is 0 Å². The molecule has 19 heteroatoms. The second-order valence-electron chi connectivity index (χ2n) is 0.340. The van der Waals surface area contributed by atoms with E-state index in [1.807, 2.05) is 0 Å². The fourth-order valence-corrected chi connectivity index (χ4v) is 0. The normalized spacial score (nSPS) is 4.74. The summed E-state index contributed by atoms with van der Waals surface area (Å²) in [6.07, 6.45) is 0. The summed E-state index contributed by atoms with van der Waals surface area (Å²) >= 11 is 0. The van der Waals surface area contributed by atoms with Gasteiger partial charge in [-0.1, -0.05) is 0 Å². The predicted octanol–water partition coefficient (Wildman–Crippen LogP) is -12.2. The van der Waals surface area contributed by atoms with Crippen molar-refractivity contribution >= 4 is 0 Å². The average molecular weight is 462 g/mol. The molecule has 0 heterocycles. The molecule has 0 aliphatic carbocycles. The third kappa shape index (κ3) is 2720. The second kappa shape index (κ2) is 158. The summed E-state index contributed by atoms with van der Waals surface area (Å²) in [5.74, 6) is 0. The van der Waals surface area contributed by atoms with Crippen molar-refractivity contribution < 1.29 is 146 Å². The van der Waals surface area contributed by atoms with Crippen molar-refractivity contribution in [3.63, 3.8) is 0 Å². The van der Waals surface area contributed by atoms with E-state index in [-0.39, 0.29) is 68.3 Å². The first kappa shape index (κ1) is 59.0. The van der Waals surface area contributed by atoms with Gasteiger partial charge >= 0.3 is 68.3 Å². The first-order valence-electron chi connectivity index (χ1n) is 1.67. The summed E-state index contributed by atoms with van der Waals surface area (Å²) in [5.41, 5.74) is 0. The van der Waals surface area contributed by atoms with E-state index < -0.39 is 0 Å². The van der Waals surface area contributed by atoms with Crippen molar-refractivity contribution in [2.24, 2.45) is 0 Å². The molecule has 0 atom stereocenters. The Morgan fingerprint density at radius 1 is 0.316 bits per heavy atom. The maximum atomic E-state index is 7.88. The summed E-state index contributed by atoms with van der Waals surface area (Å²) < 4.78 is 0. The minimum Gasteiger partial charge on any atom is -0.734 e. The molecule has 15 nitrogen and oxygen atoms in total. The Hall–Kier alpha value is 1.48. The van der Waals surface area contributed by atoms with Crippen LogP contribution >= 0.6 is 0 Å². The van der Waals surface area contributed by atoms with Crippen LogP contribution in [0.15, 0.2) is 0 Å². The quantitative estimate of drug-likeness (QED) is 0.184. The second-order valence-corrected chi connectivity index (χ2v) is 0.340. The Morgan fingerprint density at radius 2 is 0.316 bits per heavy atom. The summed E-state index contributed by atoms with van der Waals surface area (Å²) in [4.78, 5) is 0. The molecule has 120 valence electrons. The minimum absolute atomic E-state index is 0. The summed E-state index contributed by atoms with van der Waals surface area (Å²) in [7, 11) is 0. The van der Waals surface area contributed by atoms with Crippen molar-refractivity contribution in [2.75, 3.05) is 0 Å². The van der Waals surface area contributed by atoms with Crippen LogP contribution in [0.4, 0.5) is 0 Å². The maximum absolute atomic E-state index is 7.88.